The predicted octanol–water partition coefficient (Wildman–Crippen LogP) is -2.28. The van der Waals surface area contributed by atoms with Gasteiger partial charge in [-0.05, 0) is 0 Å². The van der Waals surface area contributed by atoms with Gasteiger partial charge in [0.25, 0.3) is 0 Å². The second kappa shape index (κ2) is 2.54. The molecule has 0 aromatic carbocycles. The molecule has 8 heteroatoms. The molecule has 0 aliphatic heterocycles. The van der Waals surface area contributed by atoms with Gasteiger partial charge in [0.05, 0.1) is 0 Å². The summed E-state index contributed by atoms with van der Waals surface area (Å²) in [5.74, 6) is 0. The number of H-pyrrole nitrogens is 1. The van der Waals surface area contributed by atoms with Crippen molar-refractivity contribution in [3.8, 4) is 0 Å². The van der Waals surface area contributed by atoms with E-state index in [0.717, 1.165) is 0 Å². The first-order valence-corrected chi connectivity index (χ1v) is 3.66. The summed E-state index contributed by atoms with van der Waals surface area (Å²) < 4.78 is -0.238. The molecule has 1 N–H and O–H groups in total. The Balaban J connectivity index is 2.58. The van der Waals surface area contributed by atoms with E-state index in [1.54, 1.807) is 0 Å². The second-order valence-electron chi connectivity index (χ2n) is 1.05. The van der Waals surface area contributed by atoms with Crippen LogP contribution in [-0.2, 0) is 0 Å². The van der Waals surface area contributed by atoms with Gasteiger partial charge >= 0.3 is 55.2 Å². The van der Waals surface area contributed by atoms with Crippen LogP contribution in [0.3, 0.4) is 0 Å². The summed E-state index contributed by atoms with van der Waals surface area (Å²) in [6.07, 6.45) is 0. The molecule has 0 aliphatic carbocycles. The average molecular weight is 190 g/mol. The first kappa shape index (κ1) is 6.15. The summed E-state index contributed by atoms with van der Waals surface area (Å²) in [7, 11) is 0. The number of nitrogens with zero attached hydrogens (tertiary/aromatic N) is 4. The SMILES string of the molecule is O=[N+]([O-])[As]c1nn[nH]n1. The van der Waals surface area contributed by atoms with Crippen molar-refractivity contribution in [2.45, 2.75) is 0 Å². The van der Waals surface area contributed by atoms with E-state index in [1.807, 2.05) is 0 Å². The maximum absolute atomic E-state index is 9.79. The van der Waals surface area contributed by atoms with Crippen molar-refractivity contribution >= 4 is 20.6 Å². The summed E-state index contributed by atoms with van der Waals surface area (Å²) in [5.41, 5.74) is 0. The van der Waals surface area contributed by atoms with Crippen molar-refractivity contribution in [2.75, 3.05) is 0 Å². The molecule has 1 aromatic heterocycles. The van der Waals surface area contributed by atoms with Crippen LogP contribution >= 0.6 is 0 Å². The van der Waals surface area contributed by atoms with Gasteiger partial charge in [0.1, 0.15) is 0 Å². The number of hydrogen-bond acceptors (Lipinski definition) is 5. The fourth-order valence-electron chi connectivity index (χ4n) is 0.272. The summed E-state index contributed by atoms with van der Waals surface area (Å²) in [6.45, 7) is 0. The minimum atomic E-state index is -1.15. The van der Waals surface area contributed by atoms with Gasteiger partial charge in [0.15, 0.2) is 0 Å². The first-order valence-electron chi connectivity index (χ1n) is 1.88. The van der Waals surface area contributed by atoms with E-state index in [-0.39, 0.29) is 4.61 Å². The molecule has 1 heterocycles. The molecule has 0 atom stereocenters. The Morgan fingerprint density at radius 1 is 1.78 bits per heavy atom. The van der Waals surface area contributed by atoms with Gasteiger partial charge in [-0.1, -0.05) is 0 Å². The molecule has 1 rings (SSSR count). The van der Waals surface area contributed by atoms with Gasteiger partial charge in [-0.3, -0.25) is 0 Å². The molecular formula is CHAsN5O2. The molecule has 0 aliphatic rings. The van der Waals surface area contributed by atoms with Gasteiger partial charge in [0, 0.05) is 0 Å². The van der Waals surface area contributed by atoms with E-state index >= 15 is 0 Å². The van der Waals surface area contributed by atoms with E-state index in [0.29, 0.717) is 0 Å². The van der Waals surface area contributed by atoms with Crippen molar-refractivity contribution in [2.24, 2.45) is 0 Å². The average Bonchev–Trinajstić information content (AvgIpc) is 2.15. The van der Waals surface area contributed by atoms with Crippen LogP contribution in [0, 0.1) is 10.1 Å². The molecule has 0 saturated carbocycles. The van der Waals surface area contributed by atoms with E-state index in [2.05, 4.69) is 20.6 Å². The van der Waals surface area contributed by atoms with E-state index in [9.17, 15) is 10.1 Å². The Bertz CT molecular complexity index is 195. The minimum absolute atomic E-state index is 0.191. The van der Waals surface area contributed by atoms with Gasteiger partial charge in [-0.15, -0.1) is 0 Å². The van der Waals surface area contributed by atoms with Crippen molar-refractivity contribution in [1.29, 1.82) is 0 Å². The zero-order valence-electron chi connectivity index (χ0n) is 4.05. The van der Waals surface area contributed by atoms with Crippen molar-refractivity contribution < 1.29 is 3.84 Å². The Morgan fingerprint density at radius 2 is 2.56 bits per heavy atom. The van der Waals surface area contributed by atoms with Crippen LogP contribution in [0.15, 0.2) is 0 Å². The van der Waals surface area contributed by atoms with Crippen LogP contribution in [0.2, 0.25) is 0 Å². The van der Waals surface area contributed by atoms with Gasteiger partial charge in [-0.25, -0.2) is 0 Å². The van der Waals surface area contributed by atoms with Crippen LogP contribution in [0.4, 0.5) is 0 Å². The number of aromatic amines is 1. The molecule has 47 valence electrons. The second-order valence-corrected chi connectivity index (χ2v) is 2.99. The third kappa shape index (κ3) is 1.77. The summed E-state index contributed by atoms with van der Waals surface area (Å²) in [4.78, 5) is 9.79. The van der Waals surface area contributed by atoms with Crippen molar-refractivity contribution in [1.82, 2.24) is 20.6 Å². The first-order chi connectivity index (χ1) is 4.29. The van der Waals surface area contributed by atoms with Crippen LogP contribution in [0.25, 0.3) is 0 Å². The molecule has 7 nitrogen and oxygen atoms in total. The van der Waals surface area contributed by atoms with Crippen molar-refractivity contribution in [3.63, 3.8) is 0 Å². The normalized spacial score (nSPS) is 10.7. The predicted molar refractivity (Wildman–Crippen MR) is 26.6 cm³/mol. The Morgan fingerprint density at radius 3 is 3.00 bits per heavy atom. The number of nitrogens with one attached hydrogen (secondary N) is 1. The van der Waals surface area contributed by atoms with Crippen LogP contribution in [-0.4, -0.2) is 40.4 Å². The Labute approximate surface area is 55.9 Å². The molecular weight excluding hydrogens is 189 g/mol. The van der Waals surface area contributed by atoms with Crippen LogP contribution in [0.1, 0.15) is 0 Å². The third-order valence-electron chi connectivity index (χ3n) is 0.505. The fourth-order valence-corrected chi connectivity index (χ4v) is 0.944. The number of rotatable bonds is 2. The molecule has 1 aromatic rings. The van der Waals surface area contributed by atoms with Crippen LogP contribution in [0.5, 0.6) is 0 Å². The number of aromatic nitrogens is 4. The maximum atomic E-state index is 9.79. The standard InChI is InChI=1S/CHAsN5O2/c8-7(9)2-1-3-5-6-4-1/h(H,3,4,5,6). The number of nitro groups is 1. The number of hydrogen-bond donors (Lipinski definition) is 1. The molecule has 0 bridgehead atoms. The molecule has 1 radical (unpaired) electrons. The monoisotopic (exact) mass is 190 g/mol. The van der Waals surface area contributed by atoms with Crippen LogP contribution < -0.4 is 4.61 Å². The Kier molecular flexibility index (Phi) is 1.74. The zero-order chi connectivity index (χ0) is 6.69. The number of tetrazole rings is 1. The van der Waals surface area contributed by atoms with E-state index < -0.39 is 19.8 Å². The molecule has 0 saturated heterocycles. The Hall–Kier alpha value is -0.972. The third-order valence-corrected chi connectivity index (χ3v) is 1.62. The molecule has 0 spiro atoms. The topological polar surface area (TPSA) is 97.6 Å². The summed E-state index contributed by atoms with van der Waals surface area (Å²) in [6, 6.07) is 0. The van der Waals surface area contributed by atoms with E-state index in [1.165, 1.54) is 0 Å². The molecule has 9 heavy (non-hydrogen) atoms. The fraction of sp³-hybridized carbons (Fsp3) is 0. The van der Waals surface area contributed by atoms with Crippen molar-refractivity contribution in [3.05, 3.63) is 10.1 Å². The van der Waals surface area contributed by atoms with E-state index in [4.69, 9.17) is 0 Å². The summed E-state index contributed by atoms with van der Waals surface area (Å²) >= 11 is -1.15. The van der Waals surface area contributed by atoms with Gasteiger partial charge in [-0.2, -0.15) is 0 Å². The summed E-state index contributed by atoms with van der Waals surface area (Å²) in [5, 5.41) is 21.9. The molecule has 0 amide bonds. The molecule has 0 unspecified atom stereocenters. The quantitative estimate of drug-likeness (QED) is 0.322. The van der Waals surface area contributed by atoms with Gasteiger partial charge < -0.3 is 0 Å². The van der Waals surface area contributed by atoms with Gasteiger partial charge in [0.2, 0.25) is 0 Å². The zero-order valence-corrected chi connectivity index (χ0v) is 5.93. The molecule has 0 fully saturated rings.